The van der Waals surface area contributed by atoms with Crippen LogP contribution in [0.4, 0.5) is 5.69 Å². The second-order valence-corrected chi connectivity index (χ2v) is 3.90. The van der Waals surface area contributed by atoms with Gasteiger partial charge in [0.05, 0.1) is 5.56 Å². The van der Waals surface area contributed by atoms with Gasteiger partial charge in [-0.3, -0.25) is 4.79 Å². The molecule has 1 rings (SSSR count). The minimum absolute atomic E-state index is 0.0680. The zero-order chi connectivity index (χ0) is 12.1. The molecule has 3 heteroatoms. The van der Waals surface area contributed by atoms with Crippen molar-refractivity contribution in [1.29, 1.82) is 0 Å². The molecule has 88 valence electrons. The fraction of sp³-hybridized carbons (Fsp3) is 0.462. The number of amides is 1. The highest BCUT2D eigenvalue weighted by atomic mass is 16.2. The van der Waals surface area contributed by atoms with Crippen LogP contribution in [-0.4, -0.2) is 30.9 Å². The molecular formula is C13H20N2O. The van der Waals surface area contributed by atoms with Crippen molar-refractivity contribution in [2.75, 3.05) is 25.5 Å². The van der Waals surface area contributed by atoms with Gasteiger partial charge in [0.2, 0.25) is 0 Å². The Labute approximate surface area is 97.5 Å². The molecule has 0 radical (unpaired) electrons. The van der Waals surface area contributed by atoms with Crippen molar-refractivity contribution in [3.8, 4) is 0 Å². The lowest BCUT2D eigenvalue weighted by molar-refractivity contribution is 0.0803. The summed E-state index contributed by atoms with van der Waals surface area (Å²) >= 11 is 0. The summed E-state index contributed by atoms with van der Waals surface area (Å²) in [6, 6.07) is 5.87. The molecule has 0 aromatic heterocycles. The Bertz CT molecular complexity index is 374. The van der Waals surface area contributed by atoms with Gasteiger partial charge < -0.3 is 10.2 Å². The molecule has 0 fully saturated rings. The summed E-state index contributed by atoms with van der Waals surface area (Å²) in [7, 11) is 1.82. The first-order chi connectivity index (χ1) is 7.60. The van der Waals surface area contributed by atoms with Crippen LogP contribution in [0.3, 0.4) is 0 Å². The van der Waals surface area contributed by atoms with Crippen LogP contribution >= 0.6 is 0 Å². The zero-order valence-electron chi connectivity index (χ0n) is 10.5. The number of hydrogen-bond acceptors (Lipinski definition) is 2. The quantitative estimate of drug-likeness (QED) is 0.845. The van der Waals surface area contributed by atoms with E-state index in [2.05, 4.69) is 5.32 Å². The first kappa shape index (κ1) is 12.6. The van der Waals surface area contributed by atoms with Crippen molar-refractivity contribution < 1.29 is 4.79 Å². The second-order valence-electron chi connectivity index (χ2n) is 3.90. The SMILES string of the molecule is CCNc1cc(C)ccc1C(=O)N(C)CC. The van der Waals surface area contributed by atoms with E-state index in [1.54, 1.807) is 4.90 Å². The monoisotopic (exact) mass is 220 g/mol. The first-order valence-corrected chi connectivity index (χ1v) is 5.70. The van der Waals surface area contributed by atoms with Gasteiger partial charge in [0, 0.05) is 25.8 Å². The highest BCUT2D eigenvalue weighted by Gasteiger charge is 2.14. The Morgan fingerprint density at radius 2 is 2.06 bits per heavy atom. The molecule has 1 amide bonds. The molecule has 0 aliphatic heterocycles. The van der Waals surface area contributed by atoms with E-state index in [0.717, 1.165) is 29.9 Å². The molecule has 0 saturated heterocycles. The number of nitrogens with one attached hydrogen (secondary N) is 1. The largest absolute Gasteiger partial charge is 0.385 e. The van der Waals surface area contributed by atoms with E-state index < -0.39 is 0 Å². The smallest absolute Gasteiger partial charge is 0.255 e. The molecule has 0 bridgehead atoms. The van der Waals surface area contributed by atoms with Crippen LogP contribution in [0.25, 0.3) is 0 Å². The number of nitrogens with zero attached hydrogens (tertiary/aromatic N) is 1. The average molecular weight is 220 g/mol. The molecule has 1 N–H and O–H groups in total. The molecule has 0 atom stereocenters. The molecule has 16 heavy (non-hydrogen) atoms. The third-order valence-electron chi connectivity index (χ3n) is 2.59. The average Bonchev–Trinajstić information content (AvgIpc) is 2.28. The van der Waals surface area contributed by atoms with E-state index in [4.69, 9.17) is 0 Å². The highest BCUT2D eigenvalue weighted by Crippen LogP contribution is 2.18. The minimum Gasteiger partial charge on any atom is -0.385 e. The van der Waals surface area contributed by atoms with Crippen molar-refractivity contribution in [2.45, 2.75) is 20.8 Å². The van der Waals surface area contributed by atoms with Crippen molar-refractivity contribution in [1.82, 2.24) is 4.90 Å². The first-order valence-electron chi connectivity index (χ1n) is 5.70. The summed E-state index contributed by atoms with van der Waals surface area (Å²) in [4.78, 5) is 13.8. The van der Waals surface area contributed by atoms with Crippen LogP contribution in [0.5, 0.6) is 0 Å². The number of benzene rings is 1. The Hall–Kier alpha value is -1.51. The lowest BCUT2D eigenvalue weighted by atomic mass is 10.1. The van der Waals surface area contributed by atoms with Crippen molar-refractivity contribution in [3.63, 3.8) is 0 Å². The molecule has 0 spiro atoms. The summed E-state index contributed by atoms with van der Waals surface area (Å²) in [5.74, 6) is 0.0680. The number of aryl methyl sites for hydroxylation is 1. The highest BCUT2D eigenvalue weighted by molar-refractivity contribution is 5.99. The minimum atomic E-state index is 0.0680. The van der Waals surface area contributed by atoms with Gasteiger partial charge in [-0.2, -0.15) is 0 Å². The van der Waals surface area contributed by atoms with E-state index in [1.807, 2.05) is 46.0 Å². The van der Waals surface area contributed by atoms with Gasteiger partial charge >= 0.3 is 0 Å². The van der Waals surface area contributed by atoms with Gasteiger partial charge in [0.1, 0.15) is 0 Å². The third kappa shape index (κ3) is 2.75. The van der Waals surface area contributed by atoms with E-state index in [-0.39, 0.29) is 5.91 Å². The number of carbonyl (C=O) groups excluding carboxylic acids is 1. The van der Waals surface area contributed by atoms with Crippen LogP contribution < -0.4 is 5.32 Å². The molecule has 0 saturated carbocycles. The number of anilines is 1. The van der Waals surface area contributed by atoms with Gasteiger partial charge in [-0.05, 0) is 38.5 Å². The van der Waals surface area contributed by atoms with Gasteiger partial charge in [-0.25, -0.2) is 0 Å². The summed E-state index contributed by atoms with van der Waals surface area (Å²) in [6.45, 7) is 7.57. The van der Waals surface area contributed by atoms with E-state index >= 15 is 0 Å². The Kier molecular flexibility index (Phi) is 4.35. The standard InChI is InChI=1S/C13H20N2O/c1-5-14-12-9-10(3)7-8-11(12)13(16)15(4)6-2/h7-9,14H,5-6H2,1-4H3. The molecule has 0 aliphatic carbocycles. The third-order valence-corrected chi connectivity index (χ3v) is 2.59. The van der Waals surface area contributed by atoms with Gasteiger partial charge in [-0.15, -0.1) is 0 Å². The normalized spacial score (nSPS) is 10.0. The van der Waals surface area contributed by atoms with Crippen LogP contribution in [0.1, 0.15) is 29.8 Å². The molecule has 1 aromatic rings. The lowest BCUT2D eigenvalue weighted by Gasteiger charge is -2.17. The maximum atomic E-state index is 12.1. The predicted octanol–water partition coefficient (Wildman–Crippen LogP) is 2.52. The maximum absolute atomic E-state index is 12.1. The van der Waals surface area contributed by atoms with E-state index in [0.29, 0.717) is 0 Å². The van der Waals surface area contributed by atoms with Gasteiger partial charge in [0.15, 0.2) is 0 Å². The fourth-order valence-corrected chi connectivity index (χ4v) is 1.53. The van der Waals surface area contributed by atoms with Crippen LogP contribution in [0.15, 0.2) is 18.2 Å². The zero-order valence-corrected chi connectivity index (χ0v) is 10.5. The Balaban J connectivity index is 3.06. The molecular weight excluding hydrogens is 200 g/mol. The van der Waals surface area contributed by atoms with Crippen LogP contribution in [0.2, 0.25) is 0 Å². The van der Waals surface area contributed by atoms with Crippen molar-refractivity contribution in [3.05, 3.63) is 29.3 Å². The fourth-order valence-electron chi connectivity index (χ4n) is 1.53. The molecule has 3 nitrogen and oxygen atoms in total. The Morgan fingerprint density at radius 1 is 1.38 bits per heavy atom. The van der Waals surface area contributed by atoms with Crippen LogP contribution in [0, 0.1) is 6.92 Å². The second kappa shape index (κ2) is 5.54. The molecule has 0 heterocycles. The van der Waals surface area contributed by atoms with Gasteiger partial charge in [0.25, 0.3) is 5.91 Å². The lowest BCUT2D eigenvalue weighted by Crippen LogP contribution is -2.27. The summed E-state index contributed by atoms with van der Waals surface area (Å²) in [5.41, 5.74) is 2.83. The predicted molar refractivity (Wildman–Crippen MR) is 68.0 cm³/mol. The van der Waals surface area contributed by atoms with Crippen molar-refractivity contribution >= 4 is 11.6 Å². The number of rotatable bonds is 4. The molecule has 0 unspecified atom stereocenters. The van der Waals surface area contributed by atoms with E-state index in [9.17, 15) is 4.79 Å². The van der Waals surface area contributed by atoms with Gasteiger partial charge in [-0.1, -0.05) is 6.07 Å². The summed E-state index contributed by atoms with van der Waals surface area (Å²) in [6.07, 6.45) is 0. The number of hydrogen-bond donors (Lipinski definition) is 1. The molecule has 1 aromatic carbocycles. The topological polar surface area (TPSA) is 32.3 Å². The van der Waals surface area contributed by atoms with Crippen LogP contribution in [-0.2, 0) is 0 Å². The van der Waals surface area contributed by atoms with Crippen molar-refractivity contribution in [2.24, 2.45) is 0 Å². The summed E-state index contributed by atoms with van der Waals surface area (Å²) in [5, 5.41) is 3.23. The maximum Gasteiger partial charge on any atom is 0.255 e. The molecule has 0 aliphatic rings. The van der Waals surface area contributed by atoms with E-state index in [1.165, 1.54) is 0 Å². The number of carbonyl (C=O) groups is 1. The Morgan fingerprint density at radius 3 is 2.62 bits per heavy atom. The summed E-state index contributed by atoms with van der Waals surface area (Å²) < 4.78 is 0.